The van der Waals surface area contributed by atoms with Gasteiger partial charge in [-0.1, -0.05) is 77.9 Å². The summed E-state index contributed by atoms with van der Waals surface area (Å²) in [7, 11) is 0. The van der Waals surface area contributed by atoms with Gasteiger partial charge in [0.15, 0.2) is 0 Å². The Kier molecular flexibility index (Phi) is 9.35. The van der Waals surface area contributed by atoms with Crippen LogP contribution in [0, 0.1) is 5.41 Å². The van der Waals surface area contributed by atoms with Crippen LogP contribution in [-0.2, 0) is 12.8 Å². The van der Waals surface area contributed by atoms with Crippen molar-refractivity contribution < 1.29 is 0 Å². The Labute approximate surface area is 161 Å². The van der Waals surface area contributed by atoms with Gasteiger partial charge in [0, 0.05) is 4.90 Å². The van der Waals surface area contributed by atoms with E-state index in [1.165, 1.54) is 29.5 Å². The minimum absolute atomic E-state index is 0.321. The smallest absolute Gasteiger partial charge is 0.00401 e. The number of aryl methyl sites for hydroxylation is 2. The predicted octanol–water partition coefficient (Wildman–Crippen LogP) is 7.72. The molecule has 1 atom stereocenters. The van der Waals surface area contributed by atoms with E-state index in [-0.39, 0.29) is 0 Å². The fraction of sp³-hybridized carbons (Fsp3) is 0.500. The van der Waals surface area contributed by atoms with Gasteiger partial charge in [0.2, 0.25) is 0 Å². The van der Waals surface area contributed by atoms with Crippen LogP contribution in [0.4, 0.5) is 0 Å². The monoisotopic (exact) mass is 356 g/mol. The van der Waals surface area contributed by atoms with E-state index in [2.05, 4.69) is 88.9 Å². The summed E-state index contributed by atoms with van der Waals surface area (Å²) in [6.45, 7) is 13.3. The van der Waals surface area contributed by atoms with Crippen molar-refractivity contribution in [3.63, 3.8) is 0 Å². The largest absolute Gasteiger partial charge is 0.143 e. The van der Waals surface area contributed by atoms with Crippen molar-refractivity contribution in [2.75, 3.05) is 0 Å². The van der Waals surface area contributed by atoms with E-state index in [9.17, 15) is 0 Å². The van der Waals surface area contributed by atoms with Gasteiger partial charge in [0.25, 0.3) is 0 Å². The van der Waals surface area contributed by atoms with Gasteiger partial charge in [-0.05, 0) is 65.8 Å². The van der Waals surface area contributed by atoms with Crippen molar-refractivity contribution >= 4 is 12.6 Å². The Balaban J connectivity index is 0.00000151. The zero-order chi connectivity index (χ0) is 18.9. The van der Waals surface area contributed by atoms with Crippen molar-refractivity contribution in [1.82, 2.24) is 0 Å². The molecule has 2 aromatic carbocycles. The fourth-order valence-corrected chi connectivity index (χ4v) is 3.62. The highest BCUT2D eigenvalue weighted by Gasteiger charge is 2.24. The average molecular weight is 357 g/mol. The van der Waals surface area contributed by atoms with Crippen molar-refractivity contribution in [3.05, 3.63) is 65.2 Å². The summed E-state index contributed by atoms with van der Waals surface area (Å²) in [6, 6.07) is 17.8. The maximum Gasteiger partial charge on any atom is 0.00401 e. The lowest BCUT2D eigenvalue weighted by atomic mass is 9.74. The fourth-order valence-electron chi connectivity index (χ4n) is 3.47. The highest BCUT2D eigenvalue weighted by atomic mass is 32.1. The van der Waals surface area contributed by atoms with Crippen LogP contribution in [-0.4, -0.2) is 0 Å². The molecule has 0 saturated heterocycles. The van der Waals surface area contributed by atoms with E-state index < -0.39 is 0 Å². The van der Waals surface area contributed by atoms with Crippen molar-refractivity contribution in [3.8, 4) is 0 Å². The number of hydrogen-bond acceptors (Lipinski definition) is 1. The molecule has 0 nitrogen and oxygen atoms in total. The van der Waals surface area contributed by atoms with Crippen LogP contribution in [0.2, 0.25) is 0 Å². The van der Waals surface area contributed by atoms with E-state index in [1.807, 2.05) is 13.8 Å². The number of rotatable bonds is 6. The van der Waals surface area contributed by atoms with Crippen LogP contribution in [0.3, 0.4) is 0 Å². The summed E-state index contributed by atoms with van der Waals surface area (Å²) in [6.07, 6.45) is 4.68. The summed E-state index contributed by atoms with van der Waals surface area (Å²) in [5.41, 5.74) is 4.69. The van der Waals surface area contributed by atoms with Gasteiger partial charge >= 0.3 is 0 Å². The summed E-state index contributed by atoms with van der Waals surface area (Å²) >= 11 is 4.34. The van der Waals surface area contributed by atoms with Crippen LogP contribution in [0.25, 0.3) is 0 Å². The molecule has 0 aromatic heterocycles. The zero-order valence-corrected chi connectivity index (χ0v) is 17.9. The molecule has 0 saturated carbocycles. The standard InChI is InChI=1S/C22H30S.C2H6/c1-5-21(22(2,3)4)19-11-7-10-18(16-19)9-6-8-17-12-14-20(23)15-13-17;1-2/h7,10-16,21,23H,5-6,8-9H2,1-4H3;1-2H3. The summed E-state index contributed by atoms with van der Waals surface area (Å²) in [5, 5.41) is 0. The van der Waals surface area contributed by atoms with E-state index in [1.54, 1.807) is 0 Å². The maximum atomic E-state index is 4.34. The summed E-state index contributed by atoms with van der Waals surface area (Å²) in [4.78, 5) is 1.04. The van der Waals surface area contributed by atoms with Crippen LogP contribution < -0.4 is 0 Å². The average Bonchev–Trinajstić information content (AvgIpc) is 2.58. The Morgan fingerprint density at radius 2 is 1.48 bits per heavy atom. The molecule has 0 aliphatic carbocycles. The lowest BCUT2D eigenvalue weighted by Gasteiger charge is -2.30. The number of benzene rings is 2. The third-order valence-electron chi connectivity index (χ3n) is 4.67. The second-order valence-corrected chi connectivity index (χ2v) is 8.11. The molecule has 0 bridgehead atoms. The Bertz CT molecular complexity index is 605. The molecule has 0 fully saturated rings. The van der Waals surface area contributed by atoms with Gasteiger partial charge in [-0.15, -0.1) is 12.6 Å². The Morgan fingerprint density at radius 1 is 0.880 bits per heavy atom. The highest BCUT2D eigenvalue weighted by molar-refractivity contribution is 7.80. The summed E-state index contributed by atoms with van der Waals surface area (Å²) in [5.74, 6) is 0.630. The minimum Gasteiger partial charge on any atom is -0.143 e. The maximum absolute atomic E-state index is 4.34. The van der Waals surface area contributed by atoms with Gasteiger partial charge in [0.05, 0.1) is 0 Å². The predicted molar refractivity (Wildman–Crippen MR) is 116 cm³/mol. The first-order valence-corrected chi connectivity index (χ1v) is 10.2. The zero-order valence-electron chi connectivity index (χ0n) is 17.0. The first kappa shape index (κ1) is 21.8. The van der Waals surface area contributed by atoms with Gasteiger partial charge in [0.1, 0.15) is 0 Å². The molecule has 0 radical (unpaired) electrons. The van der Waals surface area contributed by atoms with Gasteiger partial charge in [-0.3, -0.25) is 0 Å². The van der Waals surface area contributed by atoms with Crippen molar-refractivity contribution in [2.24, 2.45) is 5.41 Å². The number of hydrogen-bond donors (Lipinski definition) is 1. The summed E-state index contributed by atoms with van der Waals surface area (Å²) < 4.78 is 0. The molecule has 0 N–H and O–H groups in total. The van der Waals surface area contributed by atoms with E-state index in [0.717, 1.165) is 17.7 Å². The second-order valence-electron chi connectivity index (χ2n) is 7.59. The molecule has 25 heavy (non-hydrogen) atoms. The molecular formula is C24H36S. The van der Waals surface area contributed by atoms with Crippen molar-refractivity contribution in [2.45, 2.75) is 78.0 Å². The molecule has 1 unspecified atom stereocenters. The van der Waals surface area contributed by atoms with Gasteiger partial charge in [-0.2, -0.15) is 0 Å². The van der Waals surface area contributed by atoms with Crippen LogP contribution >= 0.6 is 12.6 Å². The van der Waals surface area contributed by atoms with Crippen LogP contribution in [0.15, 0.2) is 53.4 Å². The van der Waals surface area contributed by atoms with Crippen LogP contribution in [0.5, 0.6) is 0 Å². The first-order chi connectivity index (χ1) is 11.9. The molecule has 0 aliphatic rings. The molecular weight excluding hydrogens is 320 g/mol. The molecule has 0 spiro atoms. The number of thiol groups is 1. The van der Waals surface area contributed by atoms with Crippen molar-refractivity contribution in [1.29, 1.82) is 0 Å². The lowest BCUT2D eigenvalue weighted by molar-refractivity contribution is 0.312. The molecule has 2 aromatic rings. The Morgan fingerprint density at radius 3 is 2.04 bits per heavy atom. The Hall–Kier alpha value is -1.21. The highest BCUT2D eigenvalue weighted by Crippen LogP contribution is 2.37. The van der Waals surface area contributed by atoms with E-state index in [0.29, 0.717) is 11.3 Å². The molecule has 1 heteroatoms. The third-order valence-corrected chi connectivity index (χ3v) is 4.97. The van der Waals surface area contributed by atoms with E-state index >= 15 is 0 Å². The molecule has 0 heterocycles. The van der Waals surface area contributed by atoms with Gasteiger partial charge < -0.3 is 0 Å². The first-order valence-electron chi connectivity index (χ1n) is 9.77. The minimum atomic E-state index is 0.321. The normalized spacial score (nSPS) is 12.3. The molecule has 0 aliphatic heterocycles. The molecule has 138 valence electrons. The van der Waals surface area contributed by atoms with E-state index in [4.69, 9.17) is 0 Å². The quantitative estimate of drug-likeness (QED) is 0.503. The molecule has 0 amide bonds. The SMILES string of the molecule is CC.CCC(c1cccc(CCCc2ccc(S)cc2)c1)C(C)(C)C. The van der Waals surface area contributed by atoms with Gasteiger partial charge in [-0.25, -0.2) is 0 Å². The molecule has 2 rings (SSSR count). The second kappa shape index (κ2) is 10.7. The lowest BCUT2D eigenvalue weighted by Crippen LogP contribution is -2.17. The van der Waals surface area contributed by atoms with Crippen LogP contribution in [0.1, 0.15) is 77.0 Å². The topological polar surface area (TPSA) is 0 Å². The third kappa shape index (κ3) is 7.28.